The van der Waals surface area contributed by atoms with Crippen LogP contribution < -0.4 is 10.2 Å². The first-order valence-corrected chi connectivity index (χ1v) is 13.6. The fourth-order valence-corrected chi connectivity index (χ4v) is 5.75. The number of benzene rings is 2. The van der Waals surface area contributed by atoms with E-state index in [1.165, 1.54) is 33.2 Å². The Kier molecular flexibility index (Phi) is 6.39. The van der Waals surface area contributed by atoms with Crippen LogP contribution in [-0.4, -0.2) is 59.8 Å². The summed E-state index contributed by atoms with van der Waals surface area (Å²) in [7, 11) is -3.37. The highest BCUT2D eigenvalue weighted by Gasteiger charge is 2.29. The topological polar surface area (TPSA) is 107 Å². The highest BCUT2D eigenvalue weighted by atomic mass is 35.5. The van der Waals surface area contributed by atoms with E-state index in [-0.39, 0.29) is 48.4 Å². The van der Waals surface area contributed by atoms with Gasteiger partial charge in [0.2, 0.25) is 10.0 Å². The largest absolute Gasteiger partial charge is 0.377 e. The summed E-state index contributed by atoms with van der Waals surface area (Å²) >= 11 is 6.00. The lowest BCUT2D eigenvalue weighted by Crippen LogP contribution is -2.49. The van der Waals surface area contributed by atoms with E-state index >= 15 is 4.39 Å². The average Bonchev–Trinajstić information content (AvgIpc) is 3.34. The van der Waals surface area contributed by atoms with Crippen LogP contribution in [0.1, 0.15) is 24.1 Å². The van der Waals surface area contributed by atoms with Gasteiger partial charge in [-0.15, -0.1) is 10.2 Å². The van der Waals surface area contributed by atoms with Crippen molar-refractivity contribution in [3.05, 3.63) is 64.4 Å². The minimum Gasteiger partial charge on any atom is -0.377 e. The number of sulfonamides is 1. The summed E-state index contributed by atoms with van der Waals surface area (Å²) in [6, 6.07) is 8.70. The van der Waals surface area contributed by atoms with Gasteiger partial charge in [-0.25, -0.2) is 17.2 Å². The van der Waals surface area contributed by atoms with Crippen molar-refractivity contribution >= 4 is 49.5 Å². The quantitative estimate of drug-likeness (QED) is 0.405. The van der Waals surface area contributed by atoms with Crippen LogP contribution in [0.25, 0.3) is 16.4 Å². The third-order valence-electron chi connectivity index (χ3n) is 6.51. The highest BCUT2D eigenvalue weighted by molar-refractivity contribution is 7.88. The van der Waals surface area contributed by atoms with E-state index in [0.29, 0.717) is 21.8 Å². The van der Waals surface area contributed by atoms with E-state index in [1.54, 1.807) is 24.0 Å². The van der Waals surface area contributed by atoms with Crippen LogP contribution >= 0.6 is 11.6 Å². The standard InChI is InChI=1S/C24H22ClF2N7O2S/c1-14(30-20-4-3-16(25)9-15(20)12-28)18-10-17(26)11-19-21(18)22(27)24(34-13-29-31-23(19)34)32-5-7-33(8-6-32)37(2,35)36/h3-4,9-11,13-14,30H,5-8H2,1-2H3/t14-/m1/s1. The lowest BCUT2D eigenvalue weighted by Gasteiger charge is -2.35. The van der Waals surface area contributed by atoms with Gasteiger partial charge in [-0.3, -0.25) is 4.40 Å². The second-order valence-corrected chi connectivity index (χ2v) is 11.3. The number of nitrogens with one attached hydrogen (secondary N) is 1. The Labute approximate surface area is 216 Å². The van der Waals surface area contributed by atoms with Crippen molar-refractivity contribution in [3.8, 4) is 6.07 Å². The number of pyridine rings is 1. The maximum atomic E-state index is 16.4. The van der Waals surface area contributed by atoms with Crippen LogP contribution in [0.4, 0.5) is 20.3 Å². The Morgan fingerprint density at radius 1 is 1.16 bits per heavy atom. The van der Waals surface area contributed by atoms with Crippen LogP contribution in [0.15, 0.2) is 36.7 Å². The molecule has 1 N–H and O–H groups in total. The molecule has 3 heterocycles. The minimum absolute atomic E-state index is 0.162. The van der Waals surface area contributed by atoms with Crippen LogP contribution in [-0.2, 0) is 10.0 Å². The maximum absolute atomic E-state index is 16.4. The second-order valence-electron chi connectivity index (χ2n) is 8.90. The lowest BCUT2D eigenvalue weighted by atomic mass is 9.98. The molecule has 37 heavy (non-hydrogen) atoms. The van der Waals surface area contributed by atoms with Gasteiger partial charge in [0.25, 0.3) is 0 Å². The summed E-state index contributed by atoms with van der Waals surface area (Å²) < 4.78 is 57.9. The molecule has 1 aliphatic heterocycles. The van der Waals surface area contributed by atoms with Crippen molar-refractivity contribution in [2.24, 2.45) is 0 Å². The van der Waals surface area contributed by atoms with Gasteiger partial charge in [-0.1, -0.05) is 11.6 Å². The minimum atomic E-state index is -3.37. The van der Waals surface area contributed by atoms with Gasteiger partial charge in [0.05, 0.1) is 17.5 Å². The Hall–Kier alpha value is -3.53. The maximum Gasteiger partial charge on any atom is 0.211 e. The Balaban J connectivity index is 1.64. The molecule has 0 spiro atoms. The summed E-state index contributed by atoms with van der Waals surface area (Å²) in [5.74, 6) is -1.01. The van der Waals surface area contributed by atoms with Crippen molar-refractivity contribution in [1.82, 2.24) is 18.9 Å². The molecule has 0 saturated carbocycles. The van der Waals surface area contributed by atoms with E-state index < -0.39 is 27.7 Å². The van der Waals surface area contributed by atoms with Crippen LogP contribution in [0, 0.1) is 23.0 Å². The van der Waals surface area contributed by atoms with Gasteiger partial charge < -0.3 is 10.2 Å². The number of anilines is 2. The molecule has 1 saturated heterocycles. The number of aromatic nitrogens is 3. The summed E-state index contributed by atoms with van der Waals surface area (Å²) in [5.41, 5.74) is 1.37. The van der Waals surface area contributed by atoms with Crippen molar-refractivity contribution in [2.75, 3.05) is 42.7 Å². The molecule has 13 heteroatoms. The number of piperazine rings is 1. The number of nitriles is 1. The molecule has 1 fully saturated rings. The number of fused-ring (bicyclic) bond motifs is 3. The van der Waals surface area contributed by atoms with Gasteiger partial charge in [-0.2, -0.15) is 9.57 Å². The lowest BCUT2D eigenvalue weighted by molar-refractivity contribution is 0.384. The molecule has 0 bridgehead atoms. The van der Waals surface area contributed by atoms with Crippen LogP contribution in [0.3, 0.4) is 0 Å². The Bertz CT molecular complexity index is 1680. The molecule has 0 aliphatic carbocycles. The fraction of sp³-hybridized carbons (Fsp3) is 0.292. The van der Waals surface area contributed by atoms with Gasteiger partial charge in [0, 0.05) is 48.0 Å². The molecular formula is C24H22ClF2N7O2S. The van der Waals surface area contributed by atoms with E-state index in [9.17, 15) is 18.1 Å². The van der Waals surface area contributed by atoms with E-state index in [4.69, 9.17) is 11.6 Å². The first-order chi connectivity index (χ1) is 17.6. The van der Waals surface area contributed by atoms with E-state index in [0.717, 1.165) is 6.26 Å². The monoisotopic (exact) mass is 545 g/mol. The number of hydrogen-bond donors (Lipinski definition) is 1. The average molecular weight is 546 g/mol. The van der Waals surface area contributed by atoms with Gasteiger partial charge in [0.1, 0.15) is 18.2 Å². The molecule has 1 aliphatic rings. The number of nitrogens with zero attached hydrogens (tertiary/aromatic N) is 6. The third kappa shape index (κ3) is 4.54. The molecule has 4 aromatic rings. The molecule has 1 atom stereocenters. The first-order valence-electron chi connectivity index (χ1n) is 11.4. The molecule has 2 aromatic carbocycles. The van der Waals surface area contributed by atoms with Gasteiger partial charge >= 0.3 is 0 Å². The third-order valence-corrected chi connectivity index (χ3v) is 8.05. The molecule has 192 valence electrons. The molecular weight excluding hydrogens is 524 g/mol. The van der Waals surface area contributed by atoms with Crippen molar-refractivity contribution in [1.29, 1.82) is 5.26 Å². The molecule has 5 rings (SSSR count). The van der Waals surface area contributed by atoms with Crippen LogP contribution in [0.5, 0.6) is 0 Å². The number of halogens is 3. The van der Waals surface area contributed by atoms with Crippen molar-refractivity contribution in [2.45, 2.75) is 13.0 Å². The number of rotatable bonds is 5. The zero-order valence-corrected chi connectivity index (χ0v) is 21.5. The Morgan fingerprint density at radius 2 is 1.89 bits per heavy atom. The predicted octanol–water partition coefficient (Wildman–Crippen LogP) is 3.94. The molecule has 2 aromatic heterocycles. The summed E-state index contributed by atoms with van der Waals surface area (Å²) in [6.45, 7) is 2.64. The van der Waals surface area contributed by atoms with Crippen molar-refractivity contribution in [3.63, 3.8) is 0 Å². The van der Waals surface area contributed by atoms with Crippen molar-refractivity contribution < 1.29 is 17.2 Å². The van der Waals surface area contributed by atoms with Gasteiger partial charge in [-0.05, 0) is 42.8 Å². The Morgan fingerprint density at radius 3 is 2.57 bits per heavy atom. The molecule has 0 unspecified atom stereocenters. The smallest absolute Gasteiger partial charge is 0.211 e. The van der Waals surface area contributed by atoms with Crippen LogP contribution in [0.2, 0.25) is 5.02 Å². The molecule has 0 radical (unpaired) electrons. The normalized spacial score (nSPS) is 15.7. The SMILES string of the molecule is C[C@@H](Nc1ccc(Cl)cc1C#N)c1cc(F)cc2c1c(F)c(N1CCN(S(C)(=O)=O)CC1)n1cnnc21. The van der Waals surface area contributed by atoms with Gasteiger partial charge in [0.15, 0.2) is 17.3 Å². The first kappa shape index (κ1) is 25.1. The highest BCUT2D eigenvalue weighted by Crippen LogP contribution is 2.37. The number of hydrogen-bond acceptors (Lipinski definition) is 7. The summed E-state index contributed by atoms with van der Waals surface area (Å²) in [4.78, 5) is 1.74. The van der Waals surface area contributed by atoms with E-state index in [1.807, 2.05) is 0 Å². The second kappa shape index (κ2) is 9.41. The fourth-order valence-electron chi connectivity index (χ4n) is 4.75. The summed E-state index contributed by atoms with van der Waals surface area (Å²) in [6.07, 6.45) is 2.50. The zero-order valence-electron chi connectivity index (χ0n) is 19.9. The molecule has 0 amide bonds. The molecule has 9 nitrogen and oxygen atoms in total. The zero-order chi connectivity index (χ0) is 26.5. The predicted molar refractivity (Wildman–Crippen MR) is 137 cm³/mol. The van der Waals surface area contributed by atoms with E-state index in [2.05, 4.69) is 21.6 Å². The summed E-state index contributed by atoms with van der Waals surface area (Å²) in [5, 5.41) is 21.5.